The van der Waals surface area contributed by atoms with Crippen LogP contribution in [0.25, 0.3) is 0 Å². The fourth-order valence-electron chi connectivity index (χ4n) is 6.21. The number of carboxylic acid groups (broad SMARTS) is 1. The molecule has 3 atom stereocenters. The van der Waals surface area contributed by atoms with Gasteiger partial charge in [0.2, 0.25) is 0 Å². The molecule has 5 rings (SSSR count). The third-order valence-electron chi connectivity index (χ3n) is 8.40. The van der Waals surface area contributed by atoms with E-state index in [1.807, 2.05) is 37.3 Å². The highest BCUT2D eigenvalue weighted by atomic mass is 16.4. The van der Waals surface area contributed by atoms with E-state index in [9.17, 15) is 9.90 Å². The lowest BCUT2D eigenvalue weighted by molar-refractivity contribution is -0.150. The van der Waals surface area contributed by atoms with Gasteiger partial charge in [0.1, 0.15) is 5.54 Å². The van der Waals surface area contributed by atoms with Crippen molar-refractivity contribution in [2.75, 3.05) is 32.7 Å². The Morgan fingerprint density at radius 1 is 0.829 bits per heavy atom. The van der Waals surface area contributed by atoms with Gasteiger partial charge < -0.3 is 10.0 Å². The summed E-state index contributed by atoms with van der Waals surface area (Å²) in [5.41, 5.74) is 2.59. The first-order valence-electron chi connectivity index (χ1n) is 12.9. The maximum Gasteiger partial charge on any atom is 0.328 e. The first-order valence-corrected chi connectivity index (χ1v) is 12.9. The van der Waals surface area contributed by atoms with Crippen LogP contribution in [0, 0.1) is 5.92 Å². The molecule has 4 nitrogen and oxygen atoms in total. The van der Waals surface area contributed by atoms with Gasteiger partial charge >= 0.3 is 5.97 Å². The van der Waals surface area contributed by atoms with Gasteiger partial charge in [-0.15, -0.1) is 0 Å². The fraction of sp³-hybridized carbons (Fsp3) is 0.387. The van der Waals surface area contributed by atoms with E-state index in [1.54, 1.807) is 0 Å². The SMILES string of the molecule is C[C@](C(=O)O)(c1ccccc1)N1CC(c2ccccc2)[C@@H](CN2CCC(c3ccccc3)CC2)C1. The van der Waals surface area contributed by atoms with Crippen LogP contribution in [-0.2, 0) is 10.3 Å². The van der Waals surface area contributed by atoms with Crippen molar-refractivity contribution in [3.63, 3.8) is 0 Å². The Hall–Kier alpha value is -2.95. The number of aliphatic carboxylic acids is 1. The normalized spacial score (nSPS) is 23.7. The molecule has 35 heavy (non-hydrogen) atoms. The molecule has 0 saturated carbocycles. The summed E-state index contributed by atoms with van der Waals surface area (Å²) in [7, 11) is 0. The number of benzene rings is 3. The van der Waals surface area contributed by atoms with Crippen molar-refractivity contribution in [2.24, 2.45) is 5.92 Å². The lowest BCUT2D eigenvalue weighted by atomic mass is 9.86. The van der Waals surface area contributed by atoms with E-state index in [0.717, 1.165) is 38.3 Å². The van der Waals surface area contributed by atoms with Crippen LogP contribution in [0.15, 0.2) is 91.0 Å². The van der Waals surface area contributed by atoms with E-state index >= 15 is 0 Å². The minimum Gasteiger partial charge on any atom is -0.480 e. The molecule has 0 amide bonds. The highest BCUT2D eigenvalue weighted by molar-refractivity contribution is 5.80. The van der Waals surface area contributed by atoms with Gasteiger partial charge in [-0.2, -0.15) is 0 Å². The summed E-state index contributed by atoms with van der Waals surface area (Å²) in [6, 6.07) is 31.3. The van der Waals surface area contributed by atoms with E-state index in [-0.39, 0.29) is 0 Å². The minimum absolute atomic E-state index is 0.324. The van der Waals surface area contributed by atoms with Crippen LogP contribution >= 0.6 is 0 Å². The molecule has 1 N–H and O–H groups in total. The van der Waals surface area contributed by atoms with Crippen LogP contribution in [0.2, 0.25) is 0 Å². The van der Waals surface area contributed by atoms with E-state index < -0.39 is 11.5 Å². The molecule has 182 valence electrons. The molecule has 3 aromatic rings. The molecule has 2 aliphatic rings. The quantitative estimate of drug-likeness (QED) is 0.492. The van der Waals surface area contributed by atoms with Crippen molar-refractivity contribution in [3.8, 4) is 0 Å². The second-order valence-electron chi connectivity index (χ2n) is 10.4. The maximum atomic E-state index is 12.7. The molecule has 0 radical (unpaired) electrons. The largest absolute Gasteiger partial charge is 0.480 e. The first kappa shape index (κ1) is 23.8. The van der Waals surface area contributed by atoms with Gasteiger partial charge in [-0.05, 0) is 61.4 Å². The Morgan fingerprint density at radius 2 is 1.37 bits per heavy atom. The summed E-state index contributed by atoms with van der Waals surface area (Å²) in [6.07, 6.45) is 2.38. The van der Waals surface area contributed by atoms with Gasteiger partial charge in [-0.1, -0.05) is 91.0 Å². The number of carbonyl (C=O) groups is 1. The third kappa shape index (κ3) is 4.91. The molecular weight excluding hydrogens is 432 g/mol. The van der Waals surface area contributed by atoms with Gasteiger partial charge in [0.05, 0.1) is 0 Å². The smallest absolute Gasteiger partial charge is 0.328 e. The zero-order chi connectivity index (χ0) is 24.3. The van der Waals surface area contributed by atoms with E-state index in [4.69, 9.17) is 0 Å². The van der Waals surface area contributed by atoms with Gasteiger partial charge in [0.15, 0.2) is 0 Å². The van der Waals surface area contributed by atoms with Crippen molar-refractivity contribution in [2.45, 2.75) is 37.1 Å². The standard InChI is InChI=1S/C31H36N2O2/c1-31(30(34)35,28-15-9-4-10-16-28)33-22-27(29(23-33)26-13-7-3-8-14-26)21-32-19-17-25(18-20-32)24-11-5-2-6-12-24/h2-16,25,27,29H,17-23H2,1H3,(H,34,35)/t27-,29?,31+/m0/s1. The Kier molecular flexibility index (Phi) is 7.03. The van der Waals surface area contributed by atoms with Crippen LogP contribution < -0.4 is 0 Å². The average Bonchev–Trinajstić information content (AvgIpc) is 3.34. The molecule has 2 fully saturated rings. The highest BCUT2D eigenvalue weighted by Gasteiger charge is 2.48. The van der Waals surface area contributed by atoms with Crippen LogP contribution in [-0.4, -0.2) is 53.6 Å². The number of hydrogen-bond donors (Lipinski definition) is 1. The number of likely N-dealkylation sites (tertiary alicyclic amines) is 2. The topological polar surface area (TPSA) is 43.8 Å². The lowest BCUT2D eigenvalue weighted by Gasteiger charge is -2.36. The van der Waals surface area contributed by atoms with Crippen molar-refractivity contribution < 1.29 is 9.90 Å². The third-order valence-corrected chi connectivity index (χ3v) is 8.40. The summed E-state index contributed by atoms with van der Waals surface area (Å²) in [6.45, 7) is 6.64. The molecule has 0 aromatic heterocycles. The zero-order valence-electron chi connectivity index (χ0n) is 20.6. The monoisotopic (exact) mass is 468 g/mol. The molecular formula is C31H36N2O2. The molecule has 0 aliphatic carbocycles. The van der Waals surface area contributed by atoms with Crippen LogP contribution in [0.4, 0.5) is 0 Å². The van der Waals surface area contributed by atoms with Crippen LogP contribution in [0.1, 0.15) is 48.3 Å². The number of carboxylic acids is 1. The van der Waals surface area contributed by atoms with E-state index in [0.29, 0.717) is 17.8 Å². The minimum atomic E-state index is -1.04. The summed E-state index contributed by atoms with van der Waals surface area (Å²) >= 11 is 0. The predicted octanol–water partition coefficient (Wildman–Crippen LogP) is 5.58. The molecule has 2 heterocycles. The predicted molar refractivity (Wildman–Crippen MR) is 141 cm³/mol. The number of nitrogens with zero attached hydrogens (tertiary/aromatic N) is 2. The Morgan fingerprint density at radius 3 is 1.94 bits per heavy atom. The van der Waals surface area contributed by atoms with Crippen LogP contribution in [0.3, 0.4) is 0 Å². The molecule has 2 aliphatic heterocycles. The fourth-order valence-corrected chi connectivity index (χ4v) is 6.21. The molecule has 3 aromatic carbocycles. The van der Waals surface area contributed by atoms with Crippen molar-refractivity contribution in [1.82, 2.24) is 9.80 Å². The second-order valence-corrected chi connectivity index (χ2v) is 10.4. The van der Waals surface area contributed by atoms with Crippen molar-refractivity contribution >= 4 is 5.97 Å². The van der Waals surface area contributed by atoms with Crippen LogP contribution in [0.5, 0.6) is 0 Å². The number of hydrogen-bond acceptors (Lipinski definition) is 3. The van der Waals surface area contributed by atoms with Gasteiger partial charge in [-0.25, -0.2) is 4.79 Å². The first-order chi connectivity index (χ1) is 17.1. The lowest BCUT2D eigenvalue weighted by Crippen LogP contribution is -2.49. The Balaban J connectivity index is 1.34. The molecule has 0 spiro atoms. The molecule has 1 unspecified atom stereocenters. The molecule has 2 saturated heterocycles. The van der Waals surface area contributed by atoms with Gasteiger partial charge in [0, 0.05) is 25.6 Å². The number of rotatable bonds is 7. The highest BCUT2D eigenvalue weighted by Crippen LogP contribution is 2.41. The average molecular weight is 469 g/mol. The number of piperidine rings is 1. The van der Waals surface area contributed by atoms with Crippen molar-refractivity contribution in [3.05, 3.63) is 108 Å². The van der Waals surface area contributed by atoms with E-state index in [1.165, 1.54) is 24.0 Å². The van der Waals surface area contributed by atoms with Gasteiger partial charge in [0.25, 0.3) is 0 Å². The van der Waals surface area contributed by atoms with Gasteiger partial charge in [-0.3, -0.25) is 4.90 Å². The maximum absolute atomic E-state index is 12.7. The summed E-state index contributed by atoms with van der Waals surface area (Å²) in [4.78, 5) is 17.5. The molecule has 0 bridgehead atoms. The summed E-state index contributed by atoms with van der Waals surface area (Å²) in [5.74, 6) is 0.587. The second kappa shape index (κ2) is 10.3. The summed E-state index contributed by atoms with van der Waals surface area (Å²) < 4.78 is 0. The summed E-state index contributed by atoms with van der Waals surface area (Å²) in [5, 5.41) is 10.4. The van der Waals surface area contributed by atoms with Crippen molar-refractivity contribution in [1.29, 1.82) is 0 Å². The Bertz CT molecular complexity index is 1100. The molecule has 4 heteroatoms. The Labute approximate surface area is 209 Å². The zero-order valence-corrected chi connectivity index (χ0v) is 20.6. The van der Waals surface area contributed by atoms with E-state index in [2.05, 4.69) is 70.5 Å².